The number of halogens is 4. The highest BCUT2D eigenvalue weighted by Crippen LogP contribution is 2.37. The summed E-state index contributed by atoms with van der Waals surface area (Å²) in [6.45, 7) is 0. The highest BCUT2D eigenvalue weighted by atomic mass is 127. The second-order valence-corrected chi connectivity index (χ2v) is 7.64. The van der Waals surface area contributed by atoms with E-state index in [1.807, 2.05) is 12.1 Å². The molecule has 4 rings (SSSR count). The number of nitrogens with zero attached hydrogens (tertiary/aromatic N) is 3. The molecule has 0 saturated carbocycles. The molecule has 0 aliphatic heterocycles. The number of para-hydroxylation sites is 1. The molecule has 3 aromatic carbocycles. The van der Waals surface area contributed by atoms with Crippen molar-refractivity contribution in [3.8, 4) is 40.0 Å². The van der Waals surface area contributed by atoms with Gasteiger partial charge in [-0.3, -0.25) is 0 Å². The van der Waals surface area contributed by atoms with Crippen LogP contribution < -0.4 is 0 Å². The maximum absolute atomic E-state index is 12.9. The van der Waals surface area contributed by atoms with Crippen LogP contribution in [-0.2, 0) is 6.18 Å². The molecular weight excluding hydrogens is 510 g/mol. The van der Waals surface area contributed by atoms with E-state index in [0.717, 1.165) is 15.7 Å². The fraction of sp³-hybridized carbons (Fsp3) is 0.0476. The van der Waals surface area contributed by atoms with Crippen LogP contribution in [0.3, 0.4) is 0 Å². The topological polar surface area (TPSA) is 71.2 Å². The lowest BCUT2D eigenvalue weighted by Gasteiger charge is -2.08. The van der Waals surface area contributed by atoms with Gasteiger partial charge in [-0.1, -0.05) is 12.1 Å². The van der Waals surface area contributed by atoms with Crippen LogP contribution in [0.15, 0.2) is 66.7 Å². The quantitative estimate of drug-likeness (QED) is 0.342. The summed E-state index contributed by atoms with van der Waals surface area (Å²) in [6, 6.07) is 16.5. The predicted octanol–water partition coefficient (Wildman–Crippen LogP) is 5.64. The van der Waals surface area contributed by atoms with Gasteiger partial charge in [0.1, 0.15) is 11.5 Å². The van der Waals surface area contributed by atoms with Gasteiger partial charge >= 0.3 is 6.18 Å². The fourth-order valence-electron chi connectivity index (χ4n) is 2.92. The third-order valence-corrected chi connectivity index (χ3v) is 5.11. The summed E-state index contributed by atoms with van der Waals surface area (Å²) in [5, 5.41) is 24.9. The van der Waals surface area contributed by atoms with Gasteiger partial charge in [-0.05, 0) is 77.2 Å². The van der Waals surface area contributed by atoms with Crippen molar-refractivity contribution >= 4 is 22.6 Å². The summed E-state index contributed by atoms with van der Waals surface area (Å²) in [4.78, 5) is 4.41. The van der Waals surface area contributed by atoms with Gasteiger partial charge in [0.15, 0.2) is 11.6 Å². The summed E-state index contributed by atoms with van der Waals surface area (Å²) in [7, 11) is 0. The van der Waals surface area contributed by atoms with Crippen molar-refractivity contribution in [1.82, 2.24) is 14.8 Å². The Bertz CT molecular complexity index is 1220. The molecule has 4 aromatic rings. The second kappa shape index (κ2) is 7.63. The standard InChI is InChI=1S/C21H13F3IN3O2/c22-21(23,24)12-5-10-15(18(30)11-12)19-26-20(16-3-1-2-4-17(16)29)28(27-19)14-8-6-13(25)7-9-14/h1-11,29-30H. The number of hydrogen-bond acceptors (Lipinski definition) is 4. The molecule has 0 atom stereocenters. The first-order valence-corrected chi connectivity index (χ1v) is 9.74. The Morgan fingerprint density at radius 1 is 0.833 bits per heavy atom. The van der Waals surface area contributed by atoms with E-state index in [9.17, 15) is 23.4 Å². The van der Waals surface area contributed by atoms with E-state index in [4.69, 9.17) is 0 Å². The predicted molar refractivity (Wildman–Crippen MR) is 113 cm³/mol. The van der Waals surface area contributed by atoms with Crippen LogP contribution in [0, 0.1) is 3.57 Å². The molecule has 0 unspecified atom stereocenters. The van der Waals surface area contributed by atoms with Crippen molar-refractivity contribution in [3.05, 3.63) is 75.9 Å². The summed E-state index contributed by atoms with van der Waals surface area (Å²) in [6.07, 6.45) is -4.58. The number of phenolic OH excluding ortho intramolecular Hbond substituents is 2. The third-order valence-electron chi connectivity index (χ3n) is 4.39. The van der Waals surface area contributed by atoms with Gasteiger partial charge in [0.05, 0.1) is 22.4 Å². The van der Waals surface area contributed by atoms with Crippen LogP contribution in [0.5, 0.6) is 11.5 Å². The average Bonchev–Trinajstić information content (AvgIpc) is 3.13. The Kier molecular flexibility index (Phi) is 5.14. The van der Waals surface area contributed by atoms with Crippen molar-refractivity contribution in [2.75, 3.05) is 0 Å². The molecule has 0 amide bonds. The van der Waals surface area contributed by atoms with Crippen LogP contribution in [-0.4, -0.2) is 25.0 Å². The van der Waals surface area contributed by atoms with Gasteiger partial charge in [-0.15, -0.1) is 5.10 Å². The first-order valence-electron chi connectivity index (χ1n) is 8.66. The van der Waals surface area contributed by atoms with Crippen molar-refractivity contribution in [1.29, 1.82) is 0 Å². The summed E-state index contributed by atoms with van der Waals surface area (Å²) >= 11 is 2.16. The van der Waals surface area contributed by atoms with Crippen molar-refractivity contribution in [2.24, 2.45) is 0 Å². The van der Waals surface area contributed by atoms with Crippen LogP contribution in [0.25, 0.3) is 28.5 Å². The number of benzene rings is 3. The number of alkyl halides is 3. The summed E-state index contributed by atoms with van der Waals surface area (Å²) in [5.41, 5.74) is 0.102. The lowest BCUT2D eigenvalue weighted by molar-refractivity contribution is -0.137. The number of rotatable bonds is 3. The fourth-order valence-corrected chi connectivity index (χ4v) is 3.28. The third kappa shape index (κ3) is 3.84. The highest BCUT2D eigenvalue weighted by molar-refractivity contribution is 14.1. The first-order chi connectivity index (χ1) is 14.2. The van der Waals surface area contributed by atoms with E-state index in [-0.39, 0.29) is 23.0 Å². The number of hydrogen-bond donors (Lipinski definition) is 2. The van der Waals surface area contributed by atoms with Crippen LogP contribution >= 0.6 is 22.6 Å². The van der Waals surface area contributed by atoms with E-state index in [0.29, 0.717) is 17.3 Å². The molecule has 2 N–H and O–H groups in total. The van der Waals surface area contributed by atoms with Gasteiger partial charge in [-0.25, -0.2) is 9.67 Å². The zero-order valence-electron chi connectivity index (χ0n) is 15.1. The first kappa shape index (κ1) is 20.2. The zero-order valence-corrected chi connectivity index (χ0v) is 17.3. The van der Waals surface area contributed by atoms with E-state index in [2.05, 4.69) is 32.7 Å². The molecule has 0 fully saturated rings. The minimum atomic E-state index is -4.58. The van der Waals surface area contributed by atoms with Gasteiger partial charge in [0, 0.05) is 3.57 Å². The van der Waals surface area contributed by atoms with E-state index < -0.39 is 17.5 Å². The molecule has 1 heterocycles. The molecule has 0 aliphatic rings. The van der Waals surface area contributed by atoms with Crippen LogP contribution in [0.2, 0.25) is 0 Å². The van der Waals surface area contributed by atoms with Gasteiger partial charge in [0.2, 0.25) is 0 Å². The Balaban J connectivity index is 1.90. The largest absolute Gasteiger partial charge is 0.507 e. The average molecular weight is 523 g/mol. The molecule has 9 heteroatoms. The lowest BCUT2D eigenvalue weighted by Crippen LogP contribution is -2.04. The minimum absolute atomic E-state index is 0.0260. The summed E-state index contributed by atoms with van der Waals surface area (Å²) in [5.74, 6) is -0.310. The number of aromatic hydroxyl groups is 2. The molecule has 0 spiro atoms. The maximum Gasteiger partial charge on any atom is 0.416 e. The second-order valence-electron chi connectivity index (χ2n) is 6.39. The Morgan fingerprint density at radius 3 is 2.17 bits per heavy atom. The molecular formula is C21H13F3IN3O2. The molecule has 0 radical (unpaired) electrons. The molecule has 0 bridgehead atoms. The molecule has 30 heavy (non-hydrogen) atoms. The minimum Gasteiger partial charge on any atom is -0.507 e. The molecule has 5 nitrogen and oxygen atoms in total. The molecule has 1 aromatic heterocycles. The Labute approximate surface area is 182 Å². The Morgan fingerprint density at radius 2 is 1.53 bits per heavy atom. The molecule has 0 saturated heterocycles. The van der Waals surface area contributed by atoms with E-state index in [1.54, 1.807) is 30.3 Å². The van der Waals surface area contributed by atoms with Crippen molar-refractivity contribution < 1.29 is 23.4 Å². The lowest BCUT2D eigenvalue weighted by atomic mass is 10.1. The van der Waals surface area contributed by atoms with Crippen molar-refractivity contribution in [3.63, 3.8) is 0 Å². The van der Waals surface area contributed by atoms with Crippen LogP contribution in [0.1, 0.15) is 5.56 Å². The number of aromatic nitrogens is 3. The number of phenols is 2. The van der Waals surface area contributed by atoms with E-state index in [1.165, 1.54) is 10.7 Å². The monoisotopic (exact) mass is 523 g/mol. The van der Waals surface area contributed by atoms with Crippen molar-refractivity contribution in [2.45, 2.75) is 6.18 Å². The zero-order chi connectivity index (χ0) is 21.5. The van der Waals surface area contributed by atoms with Gasteiger partial charge in [0.25, 0.3) is 0 Å². The van der Waals surface area contributed by atoms with E-state index >= 15 is 0 Å². The van der Waals surface area contributed by atoms with Gasteiger partial charge in [-0.2, -0.15) is 13.2 Å². The Hall–Kier alpha value is -3.08. The highest BCUT2D eigenvalue weighted by Gasteiger charge is 2.31. The van der Waals surface area contributed by atoms with Crippen LogP contribution in [0.4, 0.5) is 13.2 Å². The molecule has 152 valence electrons. The maximum atomic E-state index is 12.9. The summed E-state index contributed by atoms with van der Waals surface area (Å²) < 4.78 is 41.2. The normalized spacial score (nSPS) is 11.6. The SMILES string of the molecule is Oc1cc(C(F)(F)F)ccc1-c1nc(-c2ccccc2O)n(-c2ccc(I)cc2)n1. The smallest absolute Gasteiger partial charge is 0.416 e. The molecule has 0 aliphatic carbocycles. The van der Waals surface area contributed by atoms with Gasteiger partial charge < -0.3 is 10.2 Å².